The van der Waals surface area contributed by atoms with Gasteiger partial charge in [0, 0.05) is 12.6 Å². The third kappa shape index (κ3) is 5.27. The molecule has 2 aliphatic carbocycles. The van der Waals surface area contributed by atoms with Gasteiger partial charge in [0.15, 0.2) is 0 Å². The van der Waals surface area contributed by atoms with E-state index in [1.54, 1.807) is 0 Å². The largest absolute Gasteiger partial charge is 0.313 e. The predicted octanol–water partition coefficient (Wildman–Crippen LogP) is 5.79. The van der Waals surface area contributed by atoms with Gasteiger partial charge in [-0.2, -0.15) is 0 Å². The van der Waals surface area contributed by atoms with Gasteiger partial charge < -0.3 is 5.32 Å². The van der Waals surface area contributed by atoms with Gasteiger partial charge in [0.2, 0.25) is 0 Å². The second-order valence-electron chi connectivity index (χ2n) is 8.90. The van der Waals surface area contributed by atoms with Gasteiger partial charge in [-0.1, -0.05) is 53.4 Å². The summed E-state index contributed by atoms with van der Waals surface area (Å²) in [5.41, 5.74) is 0.637. The molecule has 2 unspecified atom stereocenters. The van der Waals surface area contributed by atoms with Gasteiger partial charge in [0.25, 0.3) is 0 Å². The number of hydrogen-bond acceptors (Lipinski definition) is 1. The molecule has 0 aromatic heterocycles. The van der Waals surface area contributed by atoms with Crippen LogP contribution in [-0.4, -0.2) is 12.6 Å². The number of nitrogens with one attached hydrogen (secondary N) is 1. The minimum atomic E-state index is 0.637. The zero-order valence-electron chi connectivity index (χ0n) is 15.1. The lowest BCUT2D eigenvalue weighted by Gasteiger charge is -2.33. The van der Waals surface area contributed by atoms with Crippen LogP contribution < -0.4 is 5.32 Å². The van der Waals surface area contributed by atoms with E-state index in [2.05, 4.69) is 33.0 Å². The van der Waals surface area contributed by atoms with E-state index < -0.39 is 0 Å². The molecule has 124 valence electrons. The molecule has 2 aliphatic rings. The minimum Gasteiger partial charge on any atom is -0.313 e. The molecular weight excluding hydrogens is 254 g/mol. The summed E-state index contributed by atoms with van der Waals surface area (Å²) in [7, 11) is 0. The summed E-state index contributed by atoms with van der Waals surface area (Å²) < 4.78 is 0. The highest BCUT2D eigenvalue weighted by atomic mass is 14.9. The van der Waals surface area contributed by atoms with E-state index in [0.29, 0.717) is 5.41 Å². The van der Waals surface area contributed by atoms with E-state index in [4.69, 9.17) is 0 Å². The Balaban J connectivity index is 1.81. The van der Waals surface area contributed by atoms with Gasteiger partial charge in [-0.15, -0.1) is 0 Å². The summed E-state index contributed by atoms with van der Waals surface area (Å²) in [4.78, 5) is 0. The van der Waals surface area contributed by atoms with Crippen LogP contribution in [0.25, 0.3) is 0 Å². The summed E-state index contributed by atoms with van der Waals surface area (Å²) in [6.07, 6.45) is 14.5. The SMILES string of the molecule is CC(C)CC1(CNC2CCCC(C(C)C)CC2)CCCC1. The Morgan fingerprint density at radius 3 is 2.24 bits per heavy atom. The molecule has 2 atom stereocenters. The van der Waals surface area contributed by atoms with Crippen molar-refractivity contribution in [2.24, 2.45) is 23.2 Å². The fraction of sp³-hybridized carbons (Fsp3) is 1.00. The molecule has 1 N–H and O–H groups in total. The van der Waals surface area contributed by atoms with Crippen LogP contribution in [0.5, 0.6) is 0 Å². The van der Waals surface area contributed by atoms with Crippen molar-refractivity contribution in [3.8, 4) is 0 Å². The average molecular weight is 294 g/mol. The number of rotatable bonds is 6. The third-order valence-electron chi connectivity index (χ3n) is 6.23. The molecular formula is C20H39N. The van der Waals surface area contributed by atoms with Crippen LogP contribution in [0.4, 0.5) is 0 Å². The highest BCUT2D eigenvalue weighted by Crippen LogP contribution is 2.43. The van der Waals surface area contributed by atoms with Crippen molar-refractivity contribution in [1.29, 1.82) is 0 Å². The zero-order valence-corrected chi connectivity index (χ0v) is 15.1. The maximum atomic E-state index is 4.01. The number of hydrogen-bond donors (Lipinski definition) is 1. The van der Waals surface area contributed by atoms with E-state index in [1.165, 1.54) is 70.8 Å². The molecule has 0 aromatic rings. The van der Waals surface area contributed by atoms with Crippen molar-refractivity contribution in [3.05, 3.63) is 0 Å². The van der Waals surface area contributed by atoms with Crippen LogP contribution in [0.1, 0.15) is 91.9 Å². The van der Waals surface area contributed by atoms with Gasteiger partial charge in [-0.25, -0.2) is 0 Å². The molecule has 0 heterocycles. The van der Waals surface area contributed by atoms with Gasteiger partial charge in [-0.3, -0.25) is 0 Å². The lowest BCUT2D eigenvalue weighted by atomic mass is 9.78. The first-order valence-corrected chi connectivity index (χ1v) is 9.74. The van der Waals surface area contributed by atoms with E-state index in [0.717, 1.165) is 23.8 Å². The highest BCUT2D eigenvalue weighted by molar-refractivity contribution is 4.89. The fourth-order valence-electron chi connectivity index (χ4n) is 5.01. The quantitative estimate of drug-likeness (QED) is 0.611. The van der Waals surface area contributed by atoms with Gasteiger partial charge in [-0.05, 0) is 61.7 Å². The first-order valence-electron chi connectivity index (χ1n) is 9.74. The minimum absolute atomic E-state index is 0.637. The molecule has 0 aliphatic heterocycles. The molecule has 1 heteroatoms. The van der Waals surface area contributed by atoms with E-state index >= 15 is 0 Å². The van der Waals surface area contributed by atoms with Crippen LogP contribution in [-0.2, 0) is 0 Å². The third-order valence-corrected chi connectivity index (χ3v) is 6.23. The molecule has 0 spiro atoms. The van der Waals surface area contributed by atoms with E-state index in [-0.39, 0.29) is 0 Å². The molecule has 0 bridgehead atoms. The first-order chi connectivity index (χ1) is 10.0. The van der Waals surface area contributed by atoms with Crippen molar-refractivity contribution >= 4 is 0 Å². The standard InChI is InChI=1S/C20H39N/c1-16(2)14-20(12-5-6-13-20)15-21-19-9-7-8-18(10-11-19)17(3)4/h16-19,21H,5-15H2,1-4H3. The highest BCUT2D eigenvalue weighted by Gasteiger charge is 2.34. The molecule has 0 saturated heterocycles. The molecule has 2 rings (SSSR count). The van der Waals surface area contributed by atoms with Crippen molar-refractivity contribution in [2.45, 2.75) is 97.9 Å². The average Bonchev–Trinajstić information content (AvgIpc) is 2.73. The Morgan fingerprint density at radius 1 is 0.905 bits per heavy atom. The Morgan fingerprint density at radius 2 is 1.62 bits per heavy atom. The normalized spacial score (nSPS) is 30.0. The van der Waals surface area contributed by atoms with Gasteiger partial charge >= 0.3 is 0 Å². The molecule has 2 fully saturated rings. The Kier molecular flexibility index (Phi) is 6.59. The van der Waals surface area contributed by atoms with Gasteiger partial charge in [0.1, 0.15) is 0 Å². The molecule has 21 heavy (non-hydrogen) atoms. The lowest BCUT2D eigenvalue weighted by Crippen LogP contribution is -2.39. The lowest BCUT2D eigenvalue weighted by molar-refractivity contribution is 0.211. The monoisotopic (exact) mass is 293 g/mol. The second kappa shape index (κ2) is 7.99. The first kappa shape index (κ1) is 17.3. The van der Waals surface area contributed by atoms with Crippen LogP contribution in [0, 0.1) is 23.2 Å². The van der Waals surface area contributed by atoms with Crippen LogP contribution in [0.15, 0.2) is 0 Å². The van der Waals surface area contributed by atoms with Crippen molar-refractivity contribution < 1.29 is 0 Å². The van der Waals surface area contributed by atoms with Crippen LogP contribution in [0.2, 0.25) is 0 Å². The Hall–Kier alpha value is -0.0400. The maximum absolute atomic E-state index is 4.01. The van der Waals surface area contributed by atoms with Crippen molar-refractivity contribution in [1.82, 2.24) is 5.32 Å². The van der Waals surface area contributed by atoms with E-state index in [9.17, 15) is 0 Å². The maximum Gasteiger partial charge on any atom is 0.00674 e. The summed E-state index contributed by atoms with van der Waals surface area (Å²) in [5.74, 6) is 2.71. The summed E-state index contributed by atoms with van der Waals surface area (Å²) in [5, 5.41) is 4.01. The Labute approximate surface area is 133 Å². The molecule has 0 amide bonds. The summed E-state index contributed by atoms with van der Waals surface area (Å²) >= 11 is 0. The Bertz CT molecular complexity index is 288. The molecule has 0 aromatic carbocycles. The molecule has 2 saturated carbocycles. The smallest absolute Gasteiger partial charge is 0.00674 e. The van der Waals surface area contributed by atoms with Crippen LogP contribution in [0.3, 0.4) is 0 Å². The molecule has 1 nitrogen and oxygen atoms in total. The predicted molar refractivity (Wildman–Crippen MR) is 93.6 cm³/mol. The summed E-state index contributed by atoms with van der Waals surface area (Å²) in [6.45, 7) is 10.9. The van der Waals surface area contributed by atoms with Crippen LogP contribution >= 0.6 is 0 Å². The van der Waals surface area contributed by atoms with Crippen molar-refractivity contribution in [3.63, 3.8) is 0 Å². The zero-order chi connectivity index (χ0) is 15.3. The van der Waals surface area contributed by atoms with E-state index in [1.807, 2.05) is 0 Å². The van der Waals surface area contributed by atoms with Gasteiger partial charge in [0.05, 0.1) is 0 Å². The topological polar surface area (TPSA) is 12.0 Å². The molecule has 0 radical (unpaired) electrons. The fourth-order valence-corrected chi connectivity index (χ4v) is 5.01. The van der Waals surface area contributed by atoms with Crippen molar-refractivity contribution in [2.75, 3.05) is 6.54 Å². The summed E-state index contributed by atoms with van der Waals surface area (Å²) in [6, 6.07) is 0.804. The second-order valence-corrected chi connectivity index (χ2v) is 8.90.